The highest BCUT2D eigenvalue weighted by Crippen LogP contribution is 2.70. The third-order valence-corrected chi connectivity index (χ3v) is 10.4. The van der Waals surface area contributed by atoms with E-state index in [-0.39, 0.29) is 65.7 Å². The fourth-order valence-electron chi connectivity index (χ4n) is 8.71. The minimum Gasteiger partial charge on any atom is -0.481 e. The average molecular weight is 475 g/mol. The molecule has 2 N–H and O–H groups in total. The molecule has 34 heavy (non-hydrogen) atoms. The number of rotatable bonds is 6. The summed E-state index contributed by atoms with van der Waals surface area (Å²) in [4.78, 5) is 37.5. The van der Waals surface area contributed by atoms with Gasteiger partial charge in [-0.15, -0.1) is 0 Å². The third kappa shape index (κ3) is 3.75. The molecule has 4 aliphatic rings. The van der Waals surface area contributed by atoms with Crippen molar-refractivity contribution in [1.82, 2.24) is 0 Å². The molecular weight excluding hydrogens is 432 g/mol. The number of fused-ring (bicyclic) bond motifs is 5. The molecule has 0 aromatic heterocycles. The van der Waals surface area contributed by atoms with Crippen molar-refractivity contribution in [2.75, 3.05) is 0 Å². The predicted molar refractivity (Wildman–Crippen MR) is 128 cm³/mol. The smallest absolute Gasteiger partial charge is 0.310 e. The van der Waals surface area contributed by atoms with Crippen LogP contribution in [-0.4, -0.2) is 39.6 Å². The van der Waals surface area contributed by atoms with Crippen molar-refractivity contribution in [3.63, 3.8) is 0 Å². The van der Waals surface area contributed by atoms with Gasteiger partial charge in [0.2, 0.25) is 0 Å². The quantitative estimate of drug-likeness (QED) is 0.530. The molecule has 4 aliphatic carbocycles. The van der Waals surface area contributed by atoms with E-state index in [2.05, 4.69) is 20.8 Å². The molecule has 3 saturated carbocycles. The number of ether oxygens (including phenoxy) is 1. The van der Waals surface area contributed by atoms with Gasteiger partial charge in [-0.2, -0.15) is 0 Å². The van der Waals surface area contributed by atoms with Crippen LogP contribution in [0.2, 0.25) is 0 Å². The van der Waals surface area contributed by atoms with Crippen LogP contribution in [-0.2, 0) is 19.1 Å². The second kappa shape index (κ2) is 8.76. The van der Waals surface area contributed by atoms with E-state index in [9.17, 15) is 24.6 Å². The Hall–Kier alpha value is -1.69. The van der Waals surface area contributed by atoms with Gasteiger partial charge in [-0.25, -0.2) is 0 Å². The number of allylic oxidation sites excluding steroid dienone is 1. The molecule has 0 aromatic carbocycles. The lowest BCUT2D eigenvalue weighted by atomic mass is 9.41. The molecule has 0 aliphatic heterocycles. The van der Waals surface area contributed by atoms with Crippen molar-refractivity contribution in [3.8, 4) is 0 Å². The van der Waals surface area contributed by atoms with E-state index in [1.165, 1.54) is 0 Å². The van der Waals surface area contributed by atoms with Crippen molar-refractivity contribution in [2.24, 2.45) is 40.4 Å². The number of hydrogen-bond acceptors (Lipinski definition) is 5. The van der Waals surface area contributed by atoms with Crippen molar-refractivity contribution in [3.05, 3.63) is 11.6 Å². The zero-order valence-electron chi connectivity index (χ0n) is 21.4. The topological polar surface area (TPSA) is 101 Å². The van der Waals surface area contributed by atoms with Crippen LogP contribution in [0.5, 0.6) is 0 Å². The van der Waals surface area contributed by atoms with Gasteiger partial charge in [-0.05, 0) is 99.4 Å². The molecule has 4 unspecified atom stereocenters. The molecular formula is C28H42O6. The average Bonchev–Trinajstić information content (AvgIpc) is 3.02. The Morgan fingerprint density at radius 3 is 2.44 bits per heavy atom. The molecule has 6 heteroatoms. The van der Waals surface area contributed by atoms with E-state index >= 15 is 0 Å². The number of aliphatic hydroxyl groups is 1. The van der Waals surface area contributed by atoms with E-state index in [1.807, 2.05) is 19.9 Å². The Morgan fingerprint density at radius 1 is 1.15 bits per heavy atom. The van der Waals surface area contributed by atoms with Crippen molar-refractivity contribution >= 4 is 17.7 Å². The van der Waals surface area contributed by atoms with Crippen LogP contribution < -0.4 is 0 Å². The molecule has 0 spiro atoms. The predicted octanol–water partition coefficient (Wildman–Crippen LogP) is 4.93. The first-order chi connectivity index (χ1) is 15.9. The molecule has 6 nitrogen and oxygen atoms in total. The molecule has 0 radical (unpaired) electrons. The summed E-state index contributed by atoms with van der Waals surface area (Å²) in [5.74, 6) is -0.854. The molecule has 4 rings (SSSR count). The second-order valence-corrected chi connectivity index (χ2v) is 12.2. The first-order valence-electron chi connectivity index (χ1n) is 13.3. The van der Waals surface area contributed by atoms with Crippen molar-refractivity contribution < 1.29 is 29.3 Å². The van der Waals surface area contributed by atoms with Gasteiger partial charge in [0.25, 0.3) is 0 Å². The number of carboxylic acid groups (broad SMARTS) is 1. The number of hydrogen-bond donors (Lipinski definition) is 2. The van der Waals surface area contributed by atoms with Crippen LogP contribution in [0, 0.1) is 40.4 Å². The number of carbonyl (C=O) groups is 3. The van der Waals surface area contributed by atoms with Gasteiger partial charge in [0.05, 0.1) is 17.6 Å². The Morgan fingerprint density at radius 2 is 1.82 bits per heavy atom. The lowest BCUT2D eigenvalue weighted by molar-refractivity contribution is -0.179. The minimum absolute atomic E-state index is 0.0446. The summed E-state index contributed by atoms with van der Waals surface area (Å²) in [7, 11) is 0. The van der Waals surface area contributed by atoms with Gasteiger partial charge in [-0.3, -0.25) is 14.4 Å². The highest BCUT2D eigenvalue weighted by molar-refractivity contribution is 5.92. The number of ketones is 1. The third-order valence-electron chi connectivity index (χ3n) is 10.4. The van der Waals surface area contributed by atoms with Crippen LogP contribution in [0.15, 0.2) is 11.6 Å². The Kier molecular flexibility index (Phi) is 6.54. The lowest BCUT2D eigenvalue weighted by Crippen LogP contribution is -2.60. The van der Waals surface area contributed by atoms with Gasteiger partial charge < -0.3 is 14.9 Å². The van der Waals surface area contributed by atoms with Crippen molar-refractivity contribution in [1.29, 1.82) is 0 Å². The molecule has 0 bridgehead atoms. The number of esters is 1. The summed E-state index contributed by atoms with van der Waals surface area (Å²) in [5.41, 5.74) is -0.451. The van der Waals surface area contributed by atoms with Crippen LogP contribution in [0.25, 0.3) is 0 Å². The Balaban J connectivity index is 1.81. The fourth-order valence-corrected chi connectivity index (χ4v) is 8.71. The fraction of sp³-hybridized carbons (Fsp3) is 0.821. The van der Waals surface area contributed by atoms with Gasteiger partial charge in [0, 0.05) is 12.8 Å². The number of carbonyl (C=O) groups excluding carboxylic acids is 2. The maximum atomic E-state index is 13.7. The van der Waals surface area contributed by atoms with Gasteiger partial charge in [-0.1, -0.05) is 26.3 Å². The highest BCUT2D eigenvalue weighted by atomic mass is 16.5. The zero-order chi connectivity index (χ0) is 25.1. The van der Waals surface area contributed by atoms with Crippen LogP contribution >= 0.6 is 0 Å². The van der Waals surface area contributed by atoms with E-state index in [4.69, 9.17) is 4.74 Å². The summed E-state index contributed by atoms with van der Waals surface area (Å²) in [6.45, 7) is 10.3. The van der Waals surface area contributed by atoms with E-state index in [0.29, 0.717) is 12.8 Å². The molecule has 8 atom stereocenters. The van der Waals surface area contributed by atoms with E-state index in [1.54, 1.807) is 0 Å². The first-order valence-corrected chi connectivity index (χ1v) is 13.3. The van der Waals surface area contributed by atoms with E-state index in [0.717, 1.165) is 37.7 Å². The highest BCUT2D eigenvalue weighted by Gasteiger charge is 2.67. The molecule has 190 valence electrons. The van der Waals surface area contributed by atoms with Crippen molar-refractivity contribution in [2.45, 2.75) is 104 Å². The zero-order valence-corrected chi connectivity index (χ0v) is 21.4. The normalized spacial score (nSPS) is 43.6. The molecule has 0 aromatic rings. The van der Waals surface area contributed by atoms with Crippen LogP contribution in [0.4, 0.5) is 0 Å². The summed E-state index contributed by atoms with van der Waals surface area (Å²) < 4.78 is 5.83. The largest absolute Gasteiger partial charge is 0.481 e. The number of aliphatic carboxylic acids is 1. The van der Waals surface area contributed by atoms with Crippen LogP contribution in [0.1, 0.15) is 92.4 Å². The second-order valence-electron chi connectivity index (χ2n) is 12.2. The maximum absolute atomic E-state index is 13.7. The SMILES string of the molecule is CC[C@@H]1C2=CC(=O)CC[C@]2(C)C2CC[C@@]3(C)C(CC[C@@]3(O)CCC(=O)O)C2C1C(=O)OC(C)C. The van der Waals surface area contributed by atoms with E-state index < -0.39 is 17.0 Å². The molecule has 3 fully saturated rings. The van der Waals surface area contributed by atoms with Gasteiger partial charge in [0.1, 0.15) is 0 Å². The monoisotopic (exact) mass is 474 g/mol. The summed E-state index contributed by atoms with van der Waals surface area (Å²) in [6, 6.07) is 0. The maximum Gasteiger partial charge on any atom is 0.310 e. The molecule has 0 saturated heterocycles. The molecule has 0 amide bonds. The summed E-state index contributed by atoms with van der Waals surface area (Å²) >= 11 is 0. The number of carboxylic acids is 1. The van der Waals surface area contributed by atoms with Gasteiger partial charge >= 0.3 is 11.9 Å². The van der Waals surface area contributed by atoms with Crippen LogP contribution in [0.3, 0.4) is 0 Å². The molecule has 0 heterocycles. The Labute approximate surface area is 203 Å². The minimum atomic E-state index is -1.03. The summed E-state index contributed by atoms with van der Waals surface area (Å²) in [6.07, 6.45) is 7.01. The Bertz CT molecular complexity index is 891. The lowest BCUT2D eigenvalue weighted by Gasteiger charge is -2.62. The first kappa shape index (κ1) is 25.4. The van der Waals surface area contributed by atoms with Gasteiger partial charge in [0.15, 0.2) is 5.78 Å². The standard InChI is InChI=1S/C28H42O6/c1-6-18-21-15-17(29)7-11-26(21,4)19-8-12-27(5)20(9-13-28(27,33)14-10-22(30)31)24(19)23(18)25(32)34-16(2)3/h15-16,18-20,23-24,33H,6-14H2,1-5H3,(H,30,31)/t18-,19?,20?,23?,24?,26-,27+,28-/m1/s1. The summed E-state index contributed by atoms with van der Waals surface area (Å²) in [5, 5.41) is 21.1.